The molecule has 4 aromatic carbocycles. The van der Waals surface area contributed by atoms with Crippen molar-refractivity contribution in [2.45, 2.75) is 17.4 Å². The van der Waals surface area contributed by atoms with Crippen LogP contribution in [0.15, 0.2) is 120 Å². The van der Waals surface area contributed by atoms with Crippen molar-refractivity contribution in [2.24, 2.45) is 0 Å². The van der Waals surface area contributed by atoms with Crippen LogP contribution in [0.2, 0.25) is 0 Å². The van der Waals surface area contributed by atoms with E-state index in [0.717, 1.165) is 16.7 Å². The molecule has 4 aromatic rings. The van der Waals surface area contributed by atoms with E-state index in [1.54, 1.807) is 18.2 Å². The van der Waals surface area contributed by atoms with Gasteiger partial charge in [-0.3, -0.25) is 0 Å². The maximum atomic E-state index is 14.1. The molecule has 0 saturated heterocycles. The molecule has 40 heavy (non-hydrogen) atoms. The molecule has 0 fully saturated rings. The minimum absolute atomic E-state index is 0.0794. The fourth-order valence-corrected chi connectivity index (χ4v) is 6.04. The number of rotatable bonds is 8. The summed E-state index contributed by atoms with van der Waals surface area (Å²) in [6, 6.07) is 29.3. The van der Waals surface area contributed by atoms with Crippen molar-refractivity contribution in [1.29, 1.82) is 0 Å². The fraction of sp³-hybridized carbons (Fsp3) is 0.125. The Morgan fingerprint density at radius 1 is 0.875 bits per heavy atom. The molecule has 0 radical (unpaired) electrons. The van der Waals surface area contributed by atoms with Crippen LogP contribution in [0.5, 0.6) is 23.0 Å². The molecule has 1 atom stereocenters. The first kappa shape index (κ1) is 25.6. The number of nitrogens with zero attached hydrogens (tertiary/aromatic N) is 1. The number of benzene rings is 4. The second-order valence-corrected chi connectivity index (χ2v) is 11.2. The summed E-state index contributed by atoms with van der Waals surface area (Å²) in [7, 11) is -2.48. The zero-order valence-electron chi connectivity index (χ0n) is 21.8. The molecule has 6 rings (SSSR count). The first-order valence-corrected chi connectivity index (χ1v) is 14.2. The molecule has 0 aliphatic carbocycles. The van der Waals surface area contributed by atoms with E-state index in [-0.39, 0.29) is 30.0 Å². The van der Waals surface area contributed by atoms with Crippen molar-refractivity contribution in [3.63, 3.8) is 0 Å². The molecule has 7 nitrogen and oxygen atoms in total. The number of fused-ring (bicyclic) bond motifs is 2. The molecular weight excluding hydrogens is 526 g/mol. The molecule has 2 aliphatic heterocycles. The normalized spacial score (nSPS) is 15.7. The summed E-state index contributed by atoms with van der Waals surface area (Å²) in [5.74, 6) is 2.17. The quantitative estimate of drug-likeness (QED) is 0.253. The fourth-order valence-electron chi connectivity index (χ4n) is 4.66. The van der Waals surface area contributed by atoms with Crippen molar-refractivity contribution in [3.05, 3.63) is 132 Å². The van der Waals surface area contributed by atoms with E-state index in [0.29, 0.717) is 23.0 Å². The van der Waals surface area contributed by atoms with Crippen LogP contribution in [0.25, 0.3) is 6.08 Å². The average molecular weight is 554 g/mol. The summed E-state index contributed by atoms with van der Waals surface area (Å²) in [5.41, 5.74) is 2.69. The summed E-state index contributed by atoms with van der Waals surface area (Å²) in [4.78, 5) is 0.126. The van der Waals surface area contributed by atoms with Crippen molar-refractivity contribution >= 4 is 16.1 Å². The number of methoxy groups -OCH3 is 1. The third-order valence-electron chi connectivity index (χ3n) is 6.76. The third-order valence-corrected chi connectivity index (χ3v) is 8.52. The van der Waals surface area contributed by atoms with Crippen molar-refractivity contribution in [3.8, 4) is 23.0 Å². The lowest BCUT2D eigenvalue weighted by Crippen LogP contribution is -2.34. The minimum Gasteiger partial charge on any atom is -0.497 e. The highest BCUT2D eigenvalue weighted by molar-refractivity contribution is 7.89. The van der Waals surface area contributed by atoms with Gasteiger partial charge >= 0.3 is 0 Å². The Balaban J connectivity index is 1.45. The second-order valence-electron chi connectivity index (χ2n) is 9.32. The zero-order chi connectivity index (χ0) is 27.5. The van der Waals surface area contributed by atoms with E-state index in [4.69, 9.17) is 18.9 Å². The van der Waals surface area contributed by atoms with Gasteiger partial charge in [-0.2, -0.15) is 0 Å². The third kappa shape index (κ3) is 5.13. The molecule has 202 valence electrons. The van der Waals surface area contributed by atoms with Crippen LogP contribution in [-0.4, -0.2) is 26.6 Å². The molecule has 0 bridgehead atoms. The summed E-state index contributed by atoms with van der Waals surface area (Å²) in [6.45, 7) is 0.199. The van der Waals surface area contributed by atoms with Crippen LogP contribution in [0.1, 0.15) is 22.6 Å². The Hall–Kier alpha value is -4.69. The monoisotopic (exact) mass is 553 g/mol. The smallest absolute Gasteiger partial charge is 0.266 e. The summed E-state index contributed by atoms with van der Waals surface area (Å²) < 4.78 is 52.3. The van der Waals surface area contributed by atoms with Crippen molar-refractivity contribution < 1.29 is 27.4 Å². The Morgan fingerprint density at radius 3 is 2.25 bits per heavy atom. The summed E-state index contributed by atoms with van der Waals surface area (Å²) in [5, 5.41) is 0. The molecule has 1 unspecified atom stereocenters. The molecule has 2 aliphatic rings. The lowest BCUT2D eigenvalue weighted by molar-refractivity contribution is 0.174. The van der Waals surface area contributed by atoms with E-state index in [2.05, 4.69) is 0 Å². The molecule has 0 saturated carbocycles. The first-order chi connectivity index (χ1) is 19.5. The van der Waals surface area contributed by atoms with Gasteiger partial charge in [-0.25, -0.2) is 12.7 Å². The Bertz CT molecular complexity index is 1670. The maximum Gasteiger partial charge on any atom is 0.266 e. The lowest BCUT2D eigenvalue weighted by atomic mass is 9.94. The van der Waals surface area contributed by atoms with Crippen LogP contribution >= 0.6 is 0 Å². The number of hydrogen-bond donors (Lipinski definition) is 0. The summed E-state index contributed by atoms with van der Waals surface area (Å²) in [6.07, 6.45) is 5.87. The van der Waals surface area contributed by atoms with E-state index in [9.17, 15) is 8.42 Å². The molecule has 0 amide bonds. The van der Waals surface area contributed by atoms with Gasteiger partial charge in [-0.1, -0.05) is 72.8 Å². The van der Waals surface area contributed by atoms with E-state index >= 15 is 0 Å². The standard InChI is InChI=1S/C32H27NO6S/c1-36-26-14-16-27(17-15-26)40(34,35)33(21-24-10-6-3-7-11-24)32-18-25(13-12-23-8-4-2-5-9-23)28-19-30-31(38-22-37-30)20-29(28)39-32/h2-20,25H,21-22H2,1H3/b13-12+. The largest absolute Gasteiger partial charge is 0.497 e. The molecule has 0 spiro atoms. The van der Waals surface area contributed by atoms with Gasteiger partial charge in [0.25, 0.3) is 10.0 Å². The van der Waals surface area contributed by atoms with Gasteiger partial charge in [-0.15, -0.1) is 0 Å². The minimum atomic E-state index is -4.02. The number of sulfonamides is 1. The Morgan fingerprint density at radius 2 is 1.55 bits per heavy atom. The SMILES string of the molecule is COc1ccc(S(=O)(=O)N(Cc2ccccc2)C2=CC(/C=C/c3ccccc3)c3cc4c(cc3O2)OCO4)cc1. The zero-order valence-corrected chi connectivity index (χ0v) is 22.6. The van der Waals surface area contributed by atoms with Gasteiger partial charge in [0, 0.05) is 17.5 Å². The lowest BCUT2D eigenvalue weighted by Gasteiger charge is -2.31. The van der Waals surface area contributed by atoms with E-state index < -0.39 is 10.0 Å². The van der Waals surface area contributed by atoms with Gasteiger partial charge in [0.05, 0.1) is 18.6 Å². The summed E-state index contributed by atoms with van der Waals surface area (Å²) >= 11 is 0. The van der Waals surface area contributed by atoms with E-state index in [1.165, 1.54) is 23.5 Å². The number of ether oxygens (including phenoxy) is 4. The van der Waals surface area contributed by atoms with Crippen LogP contribution < -0.4 is 18.9 Å². The van der Waals surface area contributed by atoms with Gasteiger partial charge in [-0.05, 0) is 47.5 Å². The number of hydrogen-bond acceptors (Lipinski definition) is 6. The van der Waals surface area contributed by atoms with Gasteiger partial charge in [0.15, 0.2) is 11.5 Å². The van der Waals surface area contributed by atoms with Crippen LogP contribution in [-0.2, 0) is 16.6 Å². The Kier molecular flexibility index (Phi) is 6.92. The average Bonchev–Trinajstić information content (AvgIpc) is 3.46. The molecule has 0 aromatic heterocycles. The van der Waals surface area contributed by atoms with E-state index in [1.807, 2.05) is 85.0 Å². The molecule has 2 heterocycles. The number of allylic oxidation sites excluding steroid dienone is 2. The topological polar surface area (TPSA) is 74.3 Å². The van der Waals surface area contributed by atoms with Crippen molar-refractivity contribution in [1.82, 2.24) is 4.31 Å². The molecule has 8 heteroatoms. The van der Waals surface area contributed by atoms with Crippen LogP contribution in [0.4, 0.5) is 0 Å². The van der Waals surface area contributed by atoms with Crippen LogP contribution in [0, 0.1) is 0 Å². The van der Waals surface area contributed by atoms with Gasteiger partial charge in [0.1, 0.15) is 11.5 Å². The Labute approximate surface area is 233 Å². The predicted octanol–water partition coefficient (Wildman–Crippen LogP) is 6.35. The highest BCUT2D eigenvalue weighted by Crippen LogP contribution is 2.45. The highest BCUT2D eigenvalue weighted by atomic mass is 32.2. The maximum absolute atomic E-state index is 14.1. The molecule has 0 N–H and O–H groups in total. The van der Waals surface area contributed by atoms with Crippen molar-refractivity contribution in [2.75, 3.05) is 13.9 Å². The highest BCUT2D eigenvalue weighted by Gasteiger charge is 2.33. The second kappa shape index (κ2) is 10.8. The molecular formula is C32H27NO6S. The van der Waals surface area contributed by atoms with Gasteiger partial charge < -0.3 is 18.9 Å². The first-order valence-electron chi connectivity index (χ1n) is 12.8. The van der Waals surface area contributed by atoms with Crippen LogP contribution in [0.3, 0.4) is 0 Å². The predicted molar refractivity (Wildman–Crippen MR) is 152 cm³/mol. The van der Waals surface area contributed by atoms with Gasteiger partial charge in [0.2, 0.25) is 12.7 Å².